The topological polar surface area (TPSA) is 82.2 Å². The molecule has 0 atom stereocenters. The molecule has 0 saturated carbocycles. The maximum atomic E-state index is 11.8. The van der Waals surface area contributed by atoms with Crippen LogP contribution in [-0.4, -0.2) is 28.5 Å². The van der Waals surface area contributed by atoms with Gasteiger partial charge in [0.1, 0.15) is 0 Å². The van der Waals surface area contributed by atoms with Gasteiger partial charge < -0.3 is 15.4 Å². The summed E-state index contributed by atoms with van der Waals surface area (Å²) in [5, 5.41) is 11.7. The standard InChI is InChI=1S/C18H22N2O3/c1-18(2,17(22)23)12-19-16(21)11-9-14-8-10-15(20-14)13-6-4-3-5-7-13/h3-8,10,20H,9,11-12H2,1-2H3,(H,19,21)(H,22,23). The van der Waals surface area contributed by atoms with E-state index in [0.29, 0.717) is 12.8 Å². The minimum Gasteiger partial charge on any atom is -0.481 e. The van der Waals surface area contributed by atoms with Crippen LogP contribution in [0.5, 0.6) is 0 Å². The zero-order valence-corrected chi connectivity index (χ0v) is 13.4. The first-order valence-corrected chi connectivity index (χ1v) is 7.62. The first-order chi connectivity index (χ1) is 10.9. The maximum absolute atomic E-state index is 11.8. The van der Waals surface area contributed by atoms with Gasteiger partial charge in [-0.3, -0.25) is 9.59 Å². The minimum absolute atomic E-state index is 0.126. The van der Waals surface area contributed by atoms with Gasteiger partial charge in [-0.05, 0) is 38.0 Å². The number of aromatic nitrogens is 1. The van der Waals surface area contributed by atoms with Crippen molar-refractivity contribution in [2.75, 3.05) is 6.54 Å². The lowest BCUT2D eigenvalue weighted by Crippen LogP contribution is -2.38. The summed E-state index contributed by atoms with van der Waals surface area (Å²) in [6.07, 6.45) is 0.913. The van der Waals surface area contributed by atoms with Crippen molar-refractivity contribution in [1.82, 2.24) is 10.3 Å². The maximum Gasteiger partial charge on any atom is 0.310 e. The highest BCUT2D eigenvalue weighted by molar-refractivity contribution is 5.78. The molecule has 0 aliphatic heterocycles. The number of H-pyrrole nitrogens is 1. The first kappa shape index (κ1) is 16.8. The van der Waals surface area contributed by atoms with E-state index in [-0.39, 0.29) is 12.5 Å². The summed E-state index contributed by atoms with van der Waals surface area (Å²) >= 11 is 0. The number of aromatic amines is 1. The number of rotatable bonds is 7. The second-order valence-electron chi connectivity index (χ2n) is 6.23. The van der Waals surface area contributed by atoms with E-state index in [1.807, 2.05) is 42.5 Å². The van der Waals surface area contributed by atoms with Crippen LogP contribution in [0.2, 0.25) is 0 Å². The van der Waals surface area contributed by atoms with Crippen LogP contribution < -0.4 is 5.32 Å². The molecule has 0 radical (unpaired) electrons. The normalized spacial score (nSPS) is 11.2. The first-order valence-electron chi connectivity index (χ1n) is 7.62. The highest BCUT2D eigenvalue weighted by atomic mass is 16.4. The molecule has 1 amide bonds. The van der Waals surface area contributed by atoms with Crippen molar-refractivity contribution in [3.05, 3.63) is 48.2 Å². The van der Waals surface area contributed by atoms with Crippen molar-refractivity contribution in [2.45, 2.75) is 26.7 Å². The number of carboxylic acid groups (broad SMARTS) is 1. The Morgan fingerprint density at radius 3 is 2.48 bits per heavy atom. The van der Waals surface area contributed by atoms with Crippen LogP contribution in [0.15, 0.2) is 42.5 Å². The van der Waals surface area contributed by atoms with Crippen molar-refractivity contribution in [3.8, 4) is 11.3 Å². The molecule has 1 aromatic heterocycles. The van der Waals surface area contributed by atoms with E-state index >= 15 is 0 Å². The Balaban J connectivity index is 1.84. The third kappa shape index (κ3) is 4.71. The molecule has 0 aliphatic carbocycles. The van der Waals surface area contributed by atoms with Gasteiger partial charge in [0.2, 0.25) is 5.91 Å². The van der Waals surface area contributed by atoms with Gasteiger partial charge in [-0.1, -0.05) is 30.3 Å². The van der Waals surface area contributed by atoms with Crippen LogP contribution >= 0.6 is 0 Å². The predicted octanol–water partition coefficient (Wildman–Crippen LogP) is 2.84. The highest BCUT2D eigenvalue weighted by Crippen LogP contribution is 2.18. The van der Waals surface area contributed by atoms with E-state index in [1.54, 1.807) is 13.8 Å². The van der Waals surface area contributed by atoms with Crippen molar-refractivity contribution in [3.63, 3.8) is 0 Å². The van der Waals surface area contributed by atoms with E-state index in [9.17, 15) is 9.59 Å². The zero-order valence-electron chi connectivity index (χ0n) is 13.4. The summed E-state index contributed by atoms with van der Waals surface area (Å²) in [7, 11) is 0. The Hall–Kier alpha value is -2.56. The SMILES string of the molecule is CC(C)(CNC(=O)CCc1ccc(-c2ccccc2)[nH]1)C(=O)O. The molecule has 0 unspecified atom stereocenters. The second kappa shape index (κ2) is 7.13. The van der Waals surface area contributed by atoms with Crippen LogP contribution in [0.1, 0.15) is 26.0 Å². The number of amides is 1. The molecule has 5 heteroatoms. The lowest BCUT2D eigenvalue weighted by atomic mass is 9.94. The van der Waals surface area contributed by atoms with Crippen LogP contribution in [0, 0.1) is 5.41 Å². The predicted molar refractivity (Wildman–Crippen MR) is 89.0 cm³/mol. The Morgan fingerprint density at radius 2 is 1.83 bits per heavy atom. The van der Waals surface area contributed by atoms with Gasteiger partial charge in [0, 0.05) is 24.4 Å². The third-order valence-electron chi connectivity index (χ3n) is 3.76. The minimum atomic E-state index is -0.956. The largest absolute Gasteiger partial charge is 0.481 e. The molecule has 2 aromatic rings. The molecule has 122 valence electrons. The van der Waals surface area contributed by atoms with Crippen molar-refractivity contribution >= 4 is 11.9 Å². The molecule has 0 spiro atoms. The number of nitrogens with one attached hydrogen (secondary N) is 2. The summed E-state index contributed by atoms with van der Waals surface area (Å²) < 4.78 is 0. The van der Waals surface area contributed by atoms with Crippen LogP contribution in [0.4, 0.5) is 0 Å². The molecule has 1 heterocycles. The Labute approximate surface area is 135 Å². The molecule has 23 heavy (non-hydrogen) atoms. The van der Waals surface area contributed by atoms with Gasteiger partial charge in [-0.25, -0.2) is 0 Å². The Morgan fingerprint density at radius 1 is 1.13 bits per heavy atom. The highest BCUT2D eigenvalue weighted by Gasteiger charge is 2.27. The van der Waals surface area contributed by atoms with E-state index < -0.39 is 11.4 Å². The molecular formula is C18H22N2O3. The van der Waals surface area contributed by atoms with E-state index in [0.717, 1.165) is 17.0 Å². The fraction of sp³-hybridized carbons (Fsp3) is 0.333. The van der Waals surface area contributed by atoms with Crippen LogP contribution in [-0.2, 0) is 16.0 Å². The number of hydrogen-bond acceptors (Lipinski definition) is 2. The van der Waals surface area contributed by atoms with Crippen LogP contribution in [0.3, 0.4) is 0 Å². The third-order valence-corrected chi connectivity index (χ3v) is 3.76. The molecule has 0 aliphatic rings. The van der Waals surface area contributed by atoms with E-state index in [4.69, 9.17) is 5.11 Å². The number of aliphatic carboxylic acids is 1. The number of benzene rings is 1. The quantitative estimate of drug-likeness (QED) is 0.735. The molecule has 0 saturated heterocycles. The van der Waals surface area contributed by atoms with Crippen LogP contribution in [0.25, 0.3) is 11.3 Å². The van der Waals surface area contributed by atoms with E-state index in [2.05, 4.69) is 10.3 Å². The number of aryl methyl sites for hydroxylation is 1. The van der Waals surface area contributed by atoms with Crippen molar-refractivity contribution < 1.29 is 14.7 Å². The van der Waals surface area contributed by atoms with Crippen molar-refractivity contribution in [1.29, 1.82) is 0 Å². The number of hydrogen-bond donors (Lipinski definition) is 3. The smallest absolute Gasteiger partial charge is 0.310 e. The average molecular weight is 314 g/mol. The second-order valence-corrected chi connectivity index (χ2v) is 6.23. The summed E-state index contributed by atoms with van der Waals surface area (Å²) in [6, 6.07) is 13.9. The molecular weight excluding hydrogens is 292 g/mol. The molecule has 1 aromatic carbocycles. The summed E-state index contributed by atoms with van der Waals surface area (Å²) in [6.45, 7) is 3.31. The number of carboxylic acids is 1. The van der Waals surface area contributed by atoms with Gasteiger partial charge in [0.15, 0.2) is 0 Å². The molecule has 2 rings (SSSR count). The average Bonchev–Trinajstić information content (AvgIpc) is 3.01. The molecule has 5 nitrogen and oxygen atoms in total. The Bertz CT molecular complexity index is 675. The van der Waals surface area contributed by atoms with Gasteiger partial charge in [-0.2, -0.15) is 0 Å². The molecule has 0 fully saturated rings. The monoisotopic (exact) mass is 314 g/mol. The van der Waals surface area contributed by atoms with Gasteiger partial charge in [0.05, 0.1) is 5.41 Å². The summed E-state index contributed by atoms with van der Waals surface area (Å²) in [5.74, 6) is -1.06. The fourth-order valence-electron chi connectivity index (χ4n) is 2.10. The molecule has 0 bridgehead atoms. The molecule has 3 N–H and O–H groups in total. The lowest BCUT2D eigenvalue weighted by Gasteiger charge is -2.19. The Kier molecular flexibility index (Phi) is 5.21. The van der Waals surface area contributed by atoms with Gasteiger partial charge in [-0.15, -0.1) is 0 Å². The number of carbonyl (C=O) groups excluding carboxylic acids is 1. The van der Waals surface area contributed by atoms with Crippen molar-refractivity contribution in [2.24, 2.45) is 5.41 Å². The summed E-state index contributed by atoms with van der Waals surface area (Å²) in [5.41, 5.74) is 2.15. The van der Waals surface area contributed by atoms with Gasteiger partial charge in [0.25, 0.3) is 0 Å². The van der Waals surface area contributed by atoms with E-state index in [1.165, 1.54) is 0 Å². The lowest BCUT2D eigenvalue weighted by molar-refractivity contribution is -0.146. The fourth-order valence-corrected chi connectivity index (χ4v) is 2.10. The van der Waals surface area contributed by atoms with Gasteiger partial charge >= 0.3 is 5.97 Å². The summed E-state index contributed by atoms with van der Waals surface area (Å²) in [4.78, 5) is 26.1. The number of carbonyl (C=O) groups is 2. The zero-order chi connectivity index (χ0) is 16.9.